The van der Waals surface area contributed by atoms with Crippen LogP contribution in [-0.2, 0) is 15.1 Å². The number of morpholine rings is 1. The Balaban J connectivity index is 2.31. The maximum Gasteiger partial charge on any atom is 0.407 e. The van der Waals surface area contributed by atoms with Crippen molar-refractivity contribution < 1.29 is 24.5 Å². The number of carbonyl (C=O) groups is 1. The van der Waals surface area contributed by atoms with Crippen LogP contribution in [0, 0.1) is 0 Å². The molecule has 0 aromatic heterocycles. The lowest BCUT2D eigenvalue weighted by molar-refractivity contribution is -0.111. The fraction of sp³-hybridized carbons (Fsp3) is 0.588. The van der Waals surface area contributed by atoms with Crippen LogP contribution in [0.3, 0.4) is 0 Å². The van der Waals surface area contributed by atoms with Crippen molar-refractivity contribution in [3.63, 3.8) is 0 Å². The molecule has 0 spiro atoms. The Hall–Kier alpha value is -1.34. The molecule has 2 atom stereocenters. The summed E-state index contributed by atoms with van der Waals surface area (Å²) in [5.41, 5.74) is -0.758. The molecule has 134 valence electrons. The lowest BCUT2D eigenvalue weighted by Gasteiger charge is -2.44. The van der Waals surface area contributed by atoms with Gasteiger partial charge in [-0.3, -0.25) is 4.90 Å². The Labute approximate surface area is 146 Å². The molecule has 1 aliphatic rings. The summed E-state index contributed by atoms with van der Waals surface area (Å²) in [6.07, 6.45) is 0.815. The molecule has 24 heavy (non-hydrogen) atoms. The molecule has 2 rings (SSSR count). The minimum Gasteiger partial charge on any atom is -0.465 e. The molecular formula is C17H24ClNO5. The van der Waals surface area contributed by atoms with E-state index in [0.29, 0.717) is 36.6 Å². The highest BCUT2D eigenvalue weighted by Crippen LogP contribution is 2.36. The summed E-state index contributed by atoms with van der Waals surface area (Å²) in [5, 5.41) is 21.5. The molecule has 6 nitrogen and oxygen atoms in total. The average molecular weight is 358 g/mol. The van der Waals surface area contributed by atoms with E-state index in [1.807, 2.05) is 0 Å². The van der Waals surface area contributed by atoms with Crippen LogP contribution in [-0.4, -0.2) is 60.7 Å². The average Bonchev–Trinajstić information content (AvgIpc) is 2.58. The topological polar surface area (TPSA) is 79.2 Å². The highest BCUT2D eigenvalue weighted by molar-refractivity contribution is 6.30. The zero-order valence-electron chi connectivity index (χ0n) is 13.8. The van der Waals surface area contributed by atoms with Crippen molar-refractivity contribution in [3.05, 3.63) is 34.9 Å². The van der Waals surface area contributed by atoms with Gasteiger partial charge in [-0.1, -0.05) is 23.7 Å². The number of aliphatic hydroxyl groups is 1. The maximum atomic E-state index is 11.6. The van der Waals surface area contributed by atoms with Crippen LogP contribution in [0.2, 0.25) is 5.02 Å². The number of benzene rings is 1. The number of ether oxygens (including phenoxy) is 2. The minimum atomic E-state index is -1.36. The number of carboxylic acid groups (broad SMARTS) is 1. The van der Waals surface area contributed by atoms with Gasteiger partial charge in [-0.2, -0.15) is 0 Å². The van der Waals surface area contributed by atoms with Crippen molar-refractivity contribution in [1.29, 1.82) is 0 Å². The van der Waals surface area contributed by atoms with Crippen molar-refractivity contribution in [1.82, 2.24) is 4.90 Å². The molecule has 1 amide bonds. The number of amides is 1. The predicted octanol–water partition coefficient (Wildman–Crippen LogP) is 2.72. The number of halogens is 1. The van der Waals surface area contributed by atoms with E-state index in [9.17, 15) is 15.0 Å². The van der Waals surface area contributed by atoms with E-state index in [1.165, 1.54) is 4.90 Å². The zero-order chi connectivity index (χ0) is 17.6. The fourth-order valence-corrected chi connectivity index (χ4v) is 3.32. The lowest BCUT2D eigenvalue weighted by atomic mass is 9.81. The number of hydrogen-bond donors (Lipinski definition) is 2. The molecule has 0 radical (unpaired) electrons. The molecule has 1 aliphatic heterocycles. The van der Waals surface area contributed by atoms with Crippen LogP contribution in [0.25, 0.3) is 0 Å². The van der Waals surface area contributed by atoms with E-state index in [0.717, 1.165) is 6.42 Å². The number of methoxy groups -OCH3 is 1. The van der Waals surface area contributed by atoms with Gasteiger partial charge < -0.3 is 19.7 Å². The quantitative estimate of drug-likeness (QED) is 0.733. The Morgan fingerprint density at radius 2 is 2.29 bits per heavy atom. The summed E-state index contributed by atoms with van der Waals surface area (Å²) in [4.78, 5) is 12.9. The predicted molar refractivity (Wildman–Crippen MR) is 90.4 cm³/mol. The first-order chi connectivity index (χ1) is 11.5. The molecule has 1 saturated heterocycles. The Morgan fingerprint density at radius 1 is 1.50 bits per heavy atom. The molecule has 1 heterocycles. The molecule has 2 N–H and O–H groups in total. The summed E-state index contributed by atoms with van der Waals surface area (Å²) >= 11 is 6.08. The summed E-state index contributed by atoms with van der Waals surface area (Å²) in [7, 11) is 1.63. The van der Waals surface area contributed by atoms with E-state index < -0.39 is 17.7 Å². The van der Waals surface area contributed by atoms with Gasteiger partial charge in [0.2, 0.25) is 0 Å². The van der Waals surface area contributed by atoms with Gasteiger partial charge in [0.25, 0.3) is 0 Å². The van der Waals surface area contributed by atoms with Gasteiger partial charge in [-0.15, -0.1) is 0 Å². The largest absolute Gasteiger partial charge is 0.465 e. The van der Waals surface area contributed by atoms with Crippen molar-refractivity contribution in [2.45, 2.75) is 30.9 Å². The van der Waals surface area contributed by atoms with E-state index >= 15 is 0 Å². The standard InChI is InChI=1S/C17H24ClNO5/c1-23-9-3-2-7-17(22,13-5-4-6-14(18)11-13)15-12-24-10-8-19(15)16(20)21/h4-6,11,15,22H,2-3,7-10,12H2,1H3,(H,20,21)/t15?,17-/m1/s1. The smallest absolute Gasteiger partial charge is 0.407 e. The molecule has 0 aliphatic carbocycles. The van der Waals surface area contributed by atoms with Crippen LogP contribution >= 0.6 is 11.6 Å². The Morgan fingerprint density at radius 3 is 2.96 bits per heavy atom. The third-order valence-electron chi connectivity index (χ3n) is 4.41. The second-order valence-electron chi connectivity index (χ2n) is 5.95. The SMILES string of the molecule is COCCCC[C@@](O)(c1cccc(Cl)c1)C1COCCN1C(=O)O. The van der Waals surface area contributed by atoms with Gasteiger partial charge in [-0.05, 0) is 37.0 Å². The first-order valence-electron chi connectivity index (χ1n) is 8.03. The van der Waals surface area contributed by atoms with E-state index in [-0.39, 0.29) is 13.2 Å². The summed E-state index contributed by atoms with van der Waals surface area (Å²) in [5.74, 6) is 0. The highest BCUT2D eigenvalue weighted by Gasteiger charge is 2.45. The van der Waals surface area contributed by atoms with Gasteiger partial charge in [0.1, 0.15) is 5.60 Å². The van der Waals surface area contributed by atoms with E-state index in [1.54, 1.807) is 31.4 Å². The molecule has 1 aromatic rings. The second-order valence-corrected chi connectivity index (χ2v) is 6.39. The van der Waals surface area contributed by atoms with E-state index in [4.69, 9.17) is 21.1 Å². The van der Waals surface area contributed by atoms with Gasteiger partial charge in [0.15, 0.2) is 0 Å². The molecule has 1 fully saturated rings. The summed E-state index contributed by atoms with van der Waals surface area (Å²) in [6, 6.07) is 6.27. The molecule has 1 unspecified atom stereocenters. The minimum absolute atomic E-state index is 0.152. The van der Waals surface area contributed by atoms with Crippen molar-refractivity contribution in [2.24, 2.45) is 0 Å². The zero-order valence-corrected chi connectivity index (χ0v) is 14.5. The molecule has 7 heteroatoms. The van der Waals surface area contributed by atoms with Crippen LogP contribution < -0.4 is 0 Å². The Kier molecular flexibility index (Phi) is 6.86. The van der Waals surface area contributed by atoms with Crippen LogP contribution in [0.1, 0.15) is 24.8 Å². The van der Waals surface area contributed by atoms with Gasteiger partial charge in [0, 0.05) is 25.3 Å². The van der Waals surface area contributed by atoms with Gasteiger partial charge >= 0.3 is 6.09 Å². The molecule has 1 aromatic carbocycles. The number of unbranched alkanes of at least 4 members (excludes halogenated alkanes) is 1. The monoisotopic (exact) mass is 357 g/mol. The maximum absolute atomic E-state index is 11.6. The summed E-state index contributed by atoms with van der Waals surface area (Å²) in [6.45, 7) is 1.31. The third kappa shape index (κ3) is 4.39. The van der Waals surface area contributed by atoms with Crippen LogP contribution in [0.5, 0.6) is 0 Å². The van der Waals surface area contributed by atoms with Crippen molar-refractivity contribution in [2.75, 3.05) is 33.5 Å². The van der Waals surface area contributed by atoms with Gasteiger partial charge in [0.05, 0.1) is 19.3 Å². The van der Waals surface area contributed by atoms with E-state index in [2.05, 4.69) is 0 Å². The van der Waals surface area contributed by atoms with Crippen molar-refractivity contribution >= 4 is 17.7 Å². The van der Waals surface area contributed by atoms with Crippen LogP contribution in [0.4, 0.5) is 4.79 Å². The molecule has 0 saturated carbocycles. The molecule has 0 bridgehead atoms. The van der Waals surface area contributed by atoms with Crippen LogP contribution in [0.15, 0.2) is 24.3 Å². The first-order valence-corrected chi connectivity index (χ1v) is 8.41. The number of hydrogen-bond acceptors (Lipinski definition) is 4. The third-order valence-corrected chi connectivity index (χ3v) is 4.64. The number of nitrogens with zero attached hydrogens (tertiary/aromatic N) is 1. The lowest BCUT2D eigenvalue weighted by Crippen LogP contribution is -2.58. The number of rotatable bonds is 7. The van der Waals surface area contributed by atoms with Gasteiger partial charge in [-0.25, -0.2) is 4.79 Å². The second kappa shape index (κ2) is 8.67. The normalized spacial score (nSPS) is 20.6. The fourth-order valence-electron chi connectivity index (χ4n) is 3.13. The first kappa shape index (κ1) is 19.0. The molecular weight excluding hydrogens is 334 g/mol. The summed E-state index contributed by atoms with van der Waals surface area (Å²) < 4.78 is 10.5. The van der Waals surface area contributed by atoms with Crippen molar-refractivity contribution in [3.8, 4) is 0 Å². The highest BCUT2D eigenvalue weighted by atomic mass is 35.5. The Bertz CT molecular complexity index is 556.